The average molecular weight is 409 g/mol. The van der Waals surface area contributed by atoms with Gasteiger partial charge in [0.2, 0.25) is 0 Å². The highest BCUT2D eigenvalue weighted by Crippen LogP contribution is 2.35. The van der Waals surface area contributed by atoms with Gasteiger partial charge in [-0.2, -0.15) is 0 Å². The molecule has 0 amide bonds. The molecule has 4 rings (SSSR count). The maximum Gasteiger partial charge on any atom is 0.0142 e. The van der Waals surface area contributed by atoms with Crippen molar-refractivity contribution >= 4 is 11.9 Å². The Morgan fingerprint density at radius 1 is 1.00 bits per heavy atom. The van der Waals surface area contributed by atoms with Gasteiger partial charge in [-0.1, -0.05) is 67.4 Å². The lowest BCUT2D eigenvalue weighted by molar-refractivity contribution is 0.392. The zero-order valence-electron chi connectivity index (χ0n) is 17.8. The molecule has 2 aromatic carbocycles. The van der Waals surface area contributed by atoms with Gasteiger partial charge in [0.1, 0.15) is 0 Å². The van der Waals surface area contributed by atoms with E-state index in [1.54, 1.807) is 11.1 Å². The molecule has 0 radical (unpaired) electrons. The molecule has 2 aliphatic rings. The second kappa shape index (κ2) is 10.7. The molecule has 2 nitrogen and oxygen atoms in total. The number of likely N-dealkylation sites (N-methyl/N-ethyl adjacent to an activating group) is 1. The van der Waals surface area contributed by atoms with E-state index in [1.165, 1.54) is 55.4 Å². The summed E-state index contributed by atoms with van der Waals surface area (Å²) in [5, 5.41) is 3.78. The van der Waals surface area contributed by atoms with Gasteiger partial charge >= 0.3 is 0 Å². The Balaban J connectivity index is 1.40. The van der Waals surface area contributed by atoms with Crippen molar-refractivity contribution in [1.82, 2.24) is 10.0 Å². The van der Waals surface area contributed by atoms with Gasteiger partial charge in [0.25, 0.3) is 0 Å². The highest BCUT2D eigenvalue weighted by molar-refractivity contribution is 7.97. The predicted octanol–water partition coefficient (Wildman–Crippen LogP) is 5.52. The van der Waals surface area contributed by atoms with Gasteiger partial charge < -0.3 is 5.32 Å². The molecule has 2 unspecified atom stereocenters. The first-order valence-electron chi connectivity index (χ1n) is 11.6. The predicted molar refractivity (Wildman–Crippen MR) is 127 cm³/mol. The maximum absolute atomic E-state index is 3.78. The Morgan fingerprint density at radius 3 is 2.66 bits per heavy atom. The van der Waals surface area contributed by atoms with Crippen molar-refractivity contribution in [2.75, 3.05) is 18.8 Å². The third kappa shape index (κ3) is 6.10. The van der Waals surface area contributed by atoms with Crippen molar-refractivity contribution < 1.29 is 0 Å². The van der Waals surface area contributed by atoms with Gasteiger partial charge in [-0.15, -0.1) is 0 Å². The van der Waals surface area contributed by atoms with Crippen LogP contribution in [0.25, 0.3) is 0 Å². The number of benzene rings is 2. The molecule has 0 saturated heterocycles. The third-order valence-corrected chi connectivity index (χ3v) is 7.49. The third-order valence-electron chi connectivity index (χ3n) is 6.45. The molecule has 2 aliphatic carbocycles. The maximum atomic E-state index is 3.78. The summed E-state index contributed by atoms with van der Waals surface area (Å²) in [5.41, 5.74) is 6.13. The summed E-state index contributed by atoms with van der Waals surface area (Å²) >= 11 is 1.93. The normalized spacial score (nSPS) is 21.1. The first kappa shape index (κ1) is 21.0. The van der Waals surface area contributed by atoms with E-state index in [1.807, 2.05) is 11.9 Å². The molecule has 2 aromatic rings. The van der Waals surface area contributed by atoms with Crippen LogP contribution in [0.4, 0.5) is 0 Å². The zero-order valence-corrected chi connectivity index (χ0v) is 18.6. The Labute approximate surface area is 181 Å². The van der Waals surface area contributed by atoms with Gasteiger partial charge in [-0.25, -0.2) is 0 Å². The Bertz CT molecular complexity index is 757. The van der Waals surface area contributed by atoms with E-state index in [-0.39, 0.29) is 0 Å². The molecule has 29 heavy (non-hydrogen) atoms. The van der Waals surface area contributed by atoms with Crippen LogP contribution >= 0.6 is 11.9 Å². The van der Waals surface area contributed by atoms with E-state index in [2.05, 4.69) is 65.5 Å². The number of nitrogens with one attached hydrogen (secondary N) is 2. The molecule has 1 saturated carbocycles. The van der Waals surface area contributed by atoms with Gasteiger partial charge in [0, 0.05) is 24.3 Å². The molecule has 0 aliphatic heterocycles. The van der Waals surface area contributed by atoms with E-state index < -0.39 is 0 Å². The van der Waals surface area contributed by atoms with E-state index in [4.69, 9.17) is 0 Å². The van der Waals surface area contributed by atoms with Crippen molar-refractivity contribution in [2.24, 2.45) is 5.92 Å². The first-order chi connectivity index (χ1) is 14.3. The fourth-order valence-corrected chi connectivity index (χ4v) is 5.60. The molecule has 0 aromatic heterocycles. The standard InChI is InChI=1S/C26H36N2S/c1-2-27-26-15-14-23-13-12-21(9-6-16-28-29-19-22-10-11-22)17-24(23)25(26)18-20-7-4-3-5-8-20/h3-5,7-8,12-13,17,22,25-28H,2,6,9-11,14-16,18-19H2,1H3. The number of fused-ring (bicyclic) bond motifs is 1. The quantitative estimate of drug-likeness (QED) is 0.378. The molecular formula is C26H36N2S. The Hall–Kier alpha value is -1.29. The van der Waals surface area contributed by atoms with Crippen LogP contribution in [0.3, 0.4) is 0 Å². The fourth-order valence-electron chi connectivity index (χ4n) is 4.63. The summed E-state index contributed by atoms with van der Waals surface area (Å²) in [5.74, 6) is 2.87. The number of hydrogen-bond acceptors (Lipinski definition) is 3. The SMILES string of the molecule is CCNC1CCc2ccc(CCCNSCC3CC3)cc2C1Cc1ccccc1. The average Bonchev–Trinajstić information content (AvgIpc) is 3.57. The van der Waals surface area contributed by atoms with E-state index in [0.717, 1.165) is 25.4 Å². The van der Waals surface area contributed by atoms with Crippen LogP contribution in [0.1, 0.15) is 60.8 Å². The molecule has 2 N–H and O–H groups in total. The topological polar surface area (TPSA) is 24.1 Å². The largest absolute Gasteiger partial charge is 0.314 e. The summed E-state index contributed by atoms with van der Waals surface area (Å²) < 4.78 is 3.56. The first-order valence-corrected chi connectivity index (χ1v) is 12.6. The molecule has 1 fully saturated rings. The second-order valence-electron chi connectivity index (χ2n) is 8.78. The van der Waals surface area contributed by atoms with Crippen molar-refractivity contribution in [3.8, 4) is 0 Å². The molecular weight excluding hydrogens is 372 g/mol. The lowest BCUT2D eigenvalue weighted by Crippen LogP contribution is -2.39. The van der Waals surface area contributed by atoms with Crippen molar-refractivity contribution in [3.05, 3.63) is 70.8 Å². The molecule has 3 heteroatoms. The van der Waals surface area contributed by atoms with Crippen LogP contribution in [-0.4, -0.2) is 24.9 Å². The minimum absolute atomic E-state index is 0.577. The lowest BCUT2D eigenvalue weighted by Gasteiger charge is -2.35. The number of hydrogen-bond donors (Lipinski definition) is 2. The monoisotopic (exact) mass is 408 g/mol. The second-order valence-corrected chi connectivity index (χ2v) is 9.70. The van der Waals surface area contributed by atoms with Crippen LogP contribution in [0.2, 0.25) is 0 Å². The fraction of sp³-hybridized carbons (Fsp3) is 0.538. The molecule has 0 spiro atoms. The van der Waals surface area contributed by atoms with Crippen LogP contribution in [-0.2, 0) is 19.3 Å². The lowest BCUT2D eigenvalue weighted by atomic mass is 9.75. The van der Waals surface area contributed by atoms with Crippen molar-refractivity contribution in [2.45, 2.75) is 63.8 Å². The number of aryl methyl sites for hydroxylation is 2. The van der Waals surface area contributed by atoms with Gasteiger partial charge in [0.05, 0.1) is 0 Å². The molecule has 0 heterocycles. The number of rotatable bonds is 11. The van der Waals surface area contributed by atoms with Crippen LogP contribution < -0.4 is 10.0 Å². The summed E-state index contributed by atoms with van der Waals surface area (Å²) in [4.78, 5) is 0. The minimum Gasteiger partial charge on any atom is -0.314 e. The highest BCUT2D eigenvalue weighted by atomic mass is 32.2. The molecule has 0 bridgehead atoms. The summed E-state index contributed by atoms with van der Waals surface area (Å²) in [6.45, 7) is 4.40. The van der Waals surface area contributed by atoms with E-state index in [0.29, 0.717) is 12.0 Å². The smallest absolute Gasteiger partial charge is 0.0142 e. The molecule has 2 atom stereocenters. The van der Waals surface area contributed by atoms with E-state index in [9.17, 15) is 0 Å². The summed E-state index contributed by atoms with van der Waals surface area (Å²) in [6.07, 6.45) is 8.88. The summed E-state index contributed by atoms with van der Waals surface area (Å²) in [7, 11) is 0. The van der Waals surface area contributed by atoms with Crippen molar-refractivity contribution in [3.63, 3.8) is 0 Å². The van der Waals surface area contributed by atoms with Gasteiger partial charge in [0.15, 0.2) is 0 Å². The van der Waals surface area contributed by atoms with Crippen LogP contribution in [0, 0.1) is 5.92 Å². The summed E-state index contributed by atoms with van der Waals surface area (Å²) in [6, 6.07) is 18.9. The van der Waals surface area contributed by atoms with Crippen molar-refractivity contribution in [1.29, 1.82) is 0 Å². The highest BCUT2D eigenvalue weighted by Gasteiger charge is 2.29. The zero-order chi connectivity index (χ0) is 19.9. The van der Waals surface area contributed by atoms with E-state index >= 15 is 0 Å². The Morgan fingerprint density at radius 2 is 1.86 bits per heavy atom. The molecule has 156 valence electrons. The van der Waals surface area contributed by atoms with Gasteiger partial charge in [-0.05, 0) is 79.7 Å². The van der Waals surface area contributed by atoms with Crippen LogP contribution in [0.15, 0.2) is 48.5 Å². The minimum atomic E-state index is 0.577. The Kier molecular flexibility index (Phi) is 7.70. The van der Waals surface area contributed by atoms with Gasteiger partial charge in [-0.3, -0.25) is 4.72 Å². The van der Waals surface area contributed by atoms with Crippen LogP contribution in [0.5, 0.6) is 0 Å².